The van der Waals surface area contributed by atoms with Gasteiger partial charge in [-0.3, -0.25) is 0 Å². The molecule has 0 aromatic heterocycles. The number of phenols is 1. The van der Waals surface area contributed by atoms with E-state index in [0.717, 1.165) is 5.56 Å². The molecule has 0 unspecified atom stereocenters. The number of benzene rings is 2. The van der Waals surface area contributed by atoms with Crippen LogP contribution in [0.4, 0.5) is 0 Å². The molecule has 2 aromatic rings. The molecule has 0 aliphatic heterocycles. The molecule has 2 N–H and O–H groups in total. The number of phenolic OH excluding ortho intramolecular Hbond substituents is 1. The van der Waals surface area contributed by atoms with Crippen molar-refractivity contribution < 1.29 is 13.5 Å². The molecule has 2 aromatic carbocycles. The lowest BCUT2D eigenvalue weighted by atomic mass is 10.1. The first-order valence-corrected chi connectivity index (χ1v) is 7.89. The van der Waals surface area contributed by atoms with Crippen molar-refractivity contribution in [3.05, 3.63) is 60.2 Å². The van der Waals surface area contributed by atoms with Crippen LogP contribution in [0.2, 0.25) is 0 Å². The zero-order valence-electron chi connectivity index (χ0n) is 11.0. The molecule has 0 amide bonds. The molecule has 4 nitrogen and oxygen atoms in total. The van der Waals surface area contributed by atoms with Crippen molar-refractivity contribution >= 4 is 10.0 Å². The molecule has 2 rings (SSSR count). The molecular formula is C15H17NO3S. The van der Waals surface area contributed by atoms with Crippen LogP contribution in [-0.2, 0) is 16.4 Å². The average Bonchev–Trinajstić information content (AvgIpc) is 2.45. The number of sulfonamides is 1. The Morgan fingerprint density at radius 2 is 1.75 bits per heavy atom. The van der Waals surface area contributed by atoms with Gasteiger partial charge in [0.1, 0.15) is 5.75 Å². The molecule has 0 fully saturated rings. The van der Waals surface area contributed by atoms with Crippen LogP contribution in [0, 0.1) is 0 Å². The Labute approximate surface area is 119 Å². The highest BCUT2D eigenvalue weighted by Gasteiger charge is 2.11. The van der Waals surface area contributed by atoms with Gasteiger partial charge in [-0.05, 0) is 42.7 Å². The normalized spacial score (nSPS) is 11.4. The fourth-order valence-corrected chi connectivity index (χ4v) is 2.99. The number of hydrogen-bond donors (Lipinski definition) is 2. The highest BCUT2D eigenvalue weighted by molar-refractivity contribution is 7.89. The summed E-state index contributed by atoms with van der Waals surface area (Å²) in [4.78, 5) is 0.275. The molecule has 0 radical (unpaired) electrons. The highest BCUT2D eigenvalue weighted by Crippen LogP contribution is 2.12. The number of aromatic hydroxyl groups is 1. The number of rotatable bonds is 6. The van der Waals surface area contributed by atoms with E-state index in [-0.39, 0.29) is 10.6 Å². The van der Waals surface area contributed by atoms with Crippen molar-refractivity contribution in [3.63, 3.8) is 0 Å². The first-order chi connectivity index (χ1) is 9.58. The van der Waals surface area contributed by atoms with Crippen LogP contribution in [0.3, 0.4) is 0 Å². The SMILES string of the molecule is O=S(=O)(NCCCc1cccc(O)c1)c1ccccc1. The van der Waals surface area contributed by atoms with E-state index in [1.54, 1.807) is 48.5 Å². The summed E-state index contributed by atoms with van der Waals surface area (Å²) in [6, 6.07) is 15.3. The van der Waals surface area contributed by atoms with Crippen molar-refractivity contribution in [1.82, 2.24) is 4.72 Å². The Morgan fingerprint density at radius 1 is 1.00 bits per heavy atom. The lowest BCUT2D eigenvalue weighted by Gasteiger charge is -2.06. The average molecular weight is 291 g/mol. The molecule has 0 atom stereocenters. The van der Waals surface area contributed by atoms with E-state index < -0.39 is 10.0 Å². The van der Waals surface area contributed by atoms with E-state index in [4.69, 9.17) is 0 Å². The molecule has 0 aliphatic rings. The van der Waals surface area contributed by atoms with Gasteiger partial charge in [-0.1, -0.05) is 30.3 Å². The third-order valence-corrected chi connectivity index (χ3v) is 4.38. The smallest absolute Gasteiger partial charge is 0.240 e. The summed E-state index contributed by atoms with van der Waals surface area (Å²) < 4.78 is 26.5. The molecule has 106 valence electrons. The van der Waals surface area contributed by atoms with Crippen molar-refractivity contribution in [2.24, 2.45) is 0 Å². The summed E-state index contributed by atoms with van der Waals surface area (Å²) in [6.07, 6.45) is 1.39. The minimum atomic E-state index is -3.42. The fourth-order valence-electron chi connectivity index (χ4n) is 1.89. The van der Waals surface area contributed by atoms with Gasteiger partial charge in [0.2, 0.25) is 10.0 Å². The quantitative estimate of drug-likeness (QED) is 0.803. The maximum absolute atomic E-state index is 11.9. The predicted molar refractivity (Wildman–Crippen MR) is 78.1 cm³/mol. The molecule has 0 spiro atoms. The van der Waals surface area contributed by atoms with Crippen LogP contribution in [0.1, 0.15) is 12.0 Å². The summed E-state index contributed by atoms with van der Waals surface area (Å²) in [5.41, 5.74) is 0.990. The lowest BCUT2D eigenvalue weighted by molar-refractivity contribution is 0.474. The summed E-state index contributed by atoms with van der Waals surface area (Å²) in [5.74, 6) is 0.229. The van der Waals surface area contributed by atoms with Crippen molar-refractivity contribution in [1.29, 1.82) is 0 Å². The van der Waals surface area contributed by atoms with Crippen LogP contribution in [-0.4, -0.2) is 20.1 Å². The third kappa shape index (κ3) is 4.08. The maximum Gasteiger partial charge on any atom is 0.240 e. The van der Waals surface area contributed by atoms with Gasteiger partial charge in [0.25, 0.3) is 0 Å². The molecule has 5 heteroatoms. The monoisotopic (exact) mass is 291 g/mol. The molecule has 0 bridgehead atoms. The minimum Gasteiger partial charge on any atom is -0.508 e. The Kier molecular flexibility index (Phi) is 4.76. The molecule has 20 heavy (non-hydrogen) atoms. The zero-order valence-corrected chi connectivity index (χ0v) is 11.8. The second-order valence-corrected chi connectivity index (χ2v) is 6.25. The van der Waals surface area contributed by atoms with E-state index >= 15 is 0 Å². The Bertz CT molecular complexity index is 654. The van der Waals surface area contributed by atoms with E-state index in [2.05, 4.69) is 4.72 Å². The van der Waals surface area contributed by atoms with E-state index in [1.807, 2.05) is 6.07 Å². The lowest BCUT2D eigenvalue weighted by Crippen LogP contribution is -2.25. The van der Waals surface area contributed by atoms with Gasteiger partial charge in [0.05, 0.1) is 4.90 Å². The highest BCUT2D eigenvalue weighted by atomic mass is 32.2. The molecule has 0 saturated heterocycles. The van der Waals surface area contributed by atoms with Crippen LogP contribution < -0.4 is 4.72 Å². The van der Waals surface area contributed by atoms with Crippen LogP contribution in [0.25, 0.3) is 0 Å². The van der Waals surface area contributed by atoms with Crippen molar-refractivity contribution in [3.8, 4) is 5.75 Å². The van der Waals surface area contributed by atoms with Crippen LogP contribution in [0.5, 0.6) is 5.75 Å². The summed E-state index contributed by atoms with van der Waals surface area (Å²) in [7, 11) is -3.42. The van der Waals surface area contributed by atoms with Gasteiger partial charge in [0.15, 0.2) is 0 Å². The number of nitrogens with one attached hydrogen (secondary N) is 1. The largest absolute Gasteiger partial charge is 0.508 e. The molecule has 0 aliphatic carbocycles. The zero-order chi connectivity index (χ0) is 14.4. The van der Waals surface area contributed by atoms with Crippen LogP contribution in [0.15, 0.2) is 59.5 Å². The molecule has 0 heterocycles. The Balaban J connectivity index is 1.84. The standard InChI is InChI=1S/C15H17NO3S/c17-14-8-4-6-13(12-14)7-5-11-16-20(18,19)15-9-2-1-3-10-15/h1-4,6,8-10,12,16-17H,5,7,11H2. The second kappa shape index (κ2) is 6.54. The second-order valence-electron chi connectivity index (χ2n) is 4.48. The van der Waals surface area contributed by atoms with Gasteiger partial charge < -0.3 is 5.11 Å². The predicted octanol–water partition coefficient (Wildman–Crippen LogP) is 2.30. The Morgan fingerprint density at radius 3 is 2.45 bits per heavy atom. The first-order valence-electron chi connectivity index (χ1n) is 6.40. The van der Waals surface area contributed by atoms with Gasteiger partial charge >= 0.3 is 0 Å². The van der Waals surface area contributed by atoms with Crippen LogP contribution >= 0.6 is 0 Å². The summed E-state index contributed by atoms with van der Waals surface area (Å²) >= 11 is 0. The topological polar surface area (TPSA) is 66.4 Å². The fraction of sp³-hybridized carbons (Fsp3) is 0.200. The van der Waals surface area contributed by atoms with E-state index in [9.17, 15) is 13.5 Å². The molecular weight excluding hydrogens is 274 g/mol. The van der Waals surface area contributed by atoms with Crippen molar-refractivity contribution in [2.75, 3.05) is 6.54 Å². The van der Waals surface area contributed by atoms with E-state index in [0.29, 0.717) is 19.4 Å². The summed E-state index contributed by atoms with van der Waals surface area (Å²) in [6.45, 7) is 0.368. The van der Waals surface area contributed by atoms with Gasteiger partial charge in [0, 0.05) is 6.54 Å². The van der Waals surface area contributed by atoms with E-state index in [1.165, 1.54) is 0 Å². The molecule has 0 saturated carbocycles. The maximum atomic E-state index is 11.9. The van der Waals surface area contributed by atoms with Gasteiger partial charge in [-0.2, -0.15) is 0 Å². The number of aryl methyl sites for hydroxylation is 1. The minimum absolute atomic E-state index is 0.229. The summed E-state index contributed by atoms with van der Waals surface area (Å²) in [5, 5.41) is 9.34. The van der Waals surface area contributed by atoms with Gasteiger partial charge in [-0.25, -0.2) is 13.1 Å². The first kappa shape index (κ1) is 14.6. The van der Waals surface area contributed by atoms with Crippen molar-refractivity contribution in [2.45, 2.75) is 17.7 Å². The third-order valence-electron chi connectivity index (χ3n) is 2.90. The Hall–Kier alpha value is -1.85. The van der Waals surface area contributed by atoms with Gasteiger partial charge in [-0.15, -0.1) is 0 Å². The number of hydrogen-bond acceptors (Lipinski definition) is 3.